The molecule has 0 aliphatic carbocycles. The average molecular weight is 325 g/mol. The first-order valence-electron chi connectivity index (χ1n) is 7.56. The highest BCUT2D eigenvalue weighted by Gasteiger charge is 2.08. The van der Waals surface area contributed by atoms with Crippen LogP contribution >= 0.6 is 0 Å². The van der Waals surface area contributed by atoms with E-state index >= 15 is 0 Å². The first kappa shape index (κ1) is 17.3. The SMILES string of the molecule is CC(=CCCOC(=O)Nc1ccccc1-c1ccccc1)C(=O)O. The largest absolute Gasteiger partial charge is 0.478 e. The van der Waals surface area contributed by atoms with Crippen molar-refractivity contribution in [3.05, 3.63) is 66.2 Å². The van der Waals surface area contributed by atoms with E-state index in [1.165, 1.54) is 13.0 Å². The maximum atomic E-state index is 11.9. The molecule has 2 rings (SSSR count). The summed E-state index contributed by atoms with van der Waals surface area (Å²) in [4.78, 5) is 22.6. The number of para-hydroxylation sites is 1. The average Bonchev–Trinajstić information content (AvgIpc) is 2.59. The Hall–Kier alpha value is -3.08. The van der Waals surface area contributed by atoms with Crippen LogP contribution in [0.15, 0.2) is 66.2 Å². The van der Waals surface area contributed by atoms with Crippen molar-refractivity contribution in [1.29, 1.82) is 0 Å². The number of benzene rings is 2. The highest BCUT2D eigenvalue weighted by Crippen LogP contribution is 2.27. The van der Waals surface area contributed by atoms with Gasteiger partial charge in [0, 0.05) is 17.6 Å². The molecule has 5 nitrogen and oxygen atoms in total. The molecule has 0 aromatic heterocycles. The fourth-order valence-corrected chi connectivity index (χ4v) is 2.12. The van der Waals surface area contributed by atoms with Crippen LogP contribution in [0.2, 0.25) is 0 Å². The maximum absolute atomic E-state index is 11.9. The van der Waals surface area contributed by atoms with Gasteiger partial charge in [-0.3, -0.25) is 5.32 Å². The van der Waals surface area contributed by atoms with E-state index in [1.54, 1.807) is 6.07 Å². The summed E-state index contributed by atoms with van der Waals surface area (Å²) in [6.07, 6.45) is 1.30. The topological polar surface area (TPSA) is 75.6 Å². The Labute approximate surface area is 140 Å². The minimum absolute atomic E-state index is 0.115. The Morgan fingerprint density at radius 1 is 1.08 bits per heavy atom. The lowest BCUT2D eigenvalue weighted by atomic mass is 10.0. The fraction of sp³-hybridized carbons (Fsp3) is 0.158. The third-order valence-corrected chi connectivity index (χ3v) is 3.39. The van der Waals surface area contributed by atoms with Gasteiger partial charge in [-0.2, -0.15) is 0 Å². The van der Waals surface area contributed by atoms with Crippen molar-refractivity contribution in [1.82, 2.24) is 0 Å². The van der Waals surface area contributed by atoms with E-state index < -0.39 is 12.1 Å². The van der Waals surface area contributed by atoms with Crippen molar-refractivity contribution in [3.63, 3.8) is 0 Å². The Balaban J connectivity index is 1.96. The van der Waals surface area contributed by atoms with E-state index in [1.807, 2.05) is 48.5 Å². The number of carboxylic acids is 1. The lowest BCUT2D eigenvalue weighted by Gasteiger charge is -2.11. The number of amides is 1. The van der Waals surface area contributed by atoms with Crippen LogP contribution < -0.4 is 5.32 Å². The van der Waals surface area contributed by atoms with Gasteiger partial charge < -0.3 is 9.84 Å². The number of ether oxygens (including phenoxy) is 1. The summed E-state index contributed by atoms with van der Waals surface area (Å²) >= 11 is 0. The number of aliphatic carboxylic acids is 1. The smallest absolute Gasteiger partial charge is 0.411 e. The van der Waals surface area contributed by atoms with Gasteiger partial charge in [-0.1, -0.05) is 54.6 Å². The van der Waals surface area contributed by atoms with Crippen LogP contribution in [-0.2, 0) is 9.53 Å². The number of rotatable bonds is 6. The molecular formula is C19H19NO4. The number of carboxylic acid groups (broad SMARTS) is 1. The Morgan fingerprint density at radius 3 is 2.46 bits per heavy atom. The van der Waals surface area contributed by atoms with Gasteiger partial charge in [-0.15, -0.1) is 0 Å². The molecule has 24 heavy (non-hydrogen) atoms. The third-order valence-electron chi connectivity index (χ3n) is 3.39. The first-order valence-corrected chi connectivity index (χ1v) is 7.56. The second-order valence-electron chi connectivity index (χ2n) is 5.15. The van der Waals surface area contributed by atoms with E-state index in [-0.39, 0.29) is 12.2 Å². The minimum Gasteiger partial charge on any atom is -0.478 e. The summed E-state index contributed by atoms with van der Waals surface area (Å²) in [6, 6.07) is 17.2. The Bertz CT molecular complexity index is 738. The van der Waals surface area contributed by atoms with Crippen LogP contribution in [0.1, 0.15) is 13.3 Å². The standard InChI is InChI=1S/C19H19NO4/c1-14(18(21)22)8-7-13-24-19(23)20-17-12-6-5-11-16(17)15-9-3-2-4-10-15/h2-6,8-12H,7,13H2,1H3,(H,20,23)(H,21,22). The van der Waals surface area contributed by atoms with E-state index in [2.05, 4.69) is 5.32 Å². The van der Waals surface area contributed by atoms with Gasteiger partial charge in [0.25, 0.3) is 0 Å². The zero-order valence-corrected chi connectivity index (χ0v) is 13.4. The molecule has 0 atom stereocenters. The second kappa shape index (κ2) is 8.53. The van der Waals surface area contributed by atoms with E-state index in [4.69, 9.17) is 9.84 Å². The monoisotopic (exact) mass is 325 g/mol. The van der Waals surface area contributed by atoms with Crippen molar-refractivity contribution in [2.24, 2.45) is 0 Å². The van der Waals surface area contributed by atoms with Crippen LogP contribution in [0.25, 0.3) is 11.1 Å². The Morgan fingerprint density at radius 2 is 1.75 bits per heavy atom. The van der Waals surface area contributed by atoms with Gasteiger partial charge in [0.1, 0.15) is 0 Å². The maximum Gasteiger partial charge on any atom is 0.411 e. The summed E-state index contributed by atoms with van der Waals surface area (Å²) in [5, 5.41) is 11.5. The van der Waals surface area contributed by atoms with Crippen LogP contribution in [0.5, 0.6) is 0 Å². The highest BCUT2D eigenvalue weighted by molar-refractivity contribution is 5.91. The summed E-state index contributed by atoms with van der Waals surface area (Å²) in [5.41, 5.74) is 2.78. The summed E-state index contributed by atoms with van der Waals surface area (Å²) in [5.74, 6) is -0.976. The van der Waals surface area contributed by atoms with Gasteiger partial charge in [0.05, 0.1) is 12.3 Å². The zero-order valence-electron chi connectivity index (χ0n) is 13.4. The van der Waals surface area contributed by atoms with Crippen molar-refractivity contribution < 1.29 is 19.4 Å². The molecule has 2 N–H and O–H groups in total. The third kappa shape index (κ3) is 4.98. The Kier molecular flexibility index (Phi) is 6.14. The van der Waals surface area contributed by atoms with Crippen LogP contribution in [-0.4, -0.2) is 23.8 Å². The molecule has 0 heterocycles. The molecule has 0 aliphatic rings. The molecular weight excluding hydrogens is 306 g/mol. The van der Waals surface area contributed by atoms with Crippen LogP contribution in [0.4, 0.5) is 10.5 Å². The number of nitrogens with one attached hydrogen (secondary N) is 1. The quantitative estimate of drug-likeness (QED) is 0.612. The van der Waals surface area contributed by atoms with E-state index in [0.717, 1.165) is 11.1 Å². The molecule has 0 spiro atoms. The van der Waals surface area contributed by atoms with Crippen molar-refractivity contribution in [2.75, 3.05) is 11.9 Å². The number of carbonyl (C=O) groups is 2. The molecule has 2 aromatic carbocycles. The molecule has 5 heteroatoms. The van der Waals surface area contributed by atoms with Gasteiger partial charge >= 0.3 is 12.1 Å². The van der Waals surface area contributed by atoms with Crippen molar-refractivity contribution >= 4 is 17.7 Å². The lowest BCUT2D eigenvalue weighted by Crippen LogP contribution is -2.14. The summed E-state index contributed by atoms with van der Waals surface area (Å²) in [6.45, 7) is 1.61. The summed E-state index contributed by atoms with van der Waals surface area (Å²) < 4.78 is 5.08. The van der Waals surface area contributed by atoms with Gasteiger partial charge in [-0.25, -0.2) is 9.59 Å². The fourth-order valence-electron chi connectivity index (χ4n) is 2.12. The number of anilines is 1. The zero-order chi connectivity index (χ0) is 17.4. The van der Waals surface area contributed by atoms with Gasteiger partial charge in [0.15, 0.2) is 0 Å². The number of hydrogen-bond donors (Lipinski definition) is 2. The molecule has 124 valence electrons. The second-order valence-corrected chi connectivity index (χ2v) is 5.15. The molecule has 0 radical (unpaired) electrons. The molecule has 0 saturated carbocycles. The molecule has 0 saturated heterocycles. The normalized spacial score (nSPS) is 11.0. The molecule has 0 bridgehead atoms. The van der Waals surface area contributed by atoms with Crippen LogP contribution in [0, 0.1) is 0 Å². The predicted molar refractivity (Wildman–Crippen MR) is 92.9 cm³/mol. The molecule has 0 aliphatic heterocycles. The molecule has 2 aromatic rings. The first-order chi connectivity index (χ1) is 11.6. The minimum atomic E-state index is -0.976. The number of carbonyl (C=O) groups excluding carboxylic acids is 1. The van der Waals surface area contributed by atoms with E-state index in [0.29, 0.717) is 12.1 Å². The summed E-state index contributed by atoms with van der Waals surface area (Å²) in [7, 11) is 0. The molecule has 0 fully saturated rings. The highest BCUT2D eigenvalue weighted by atomic mass is 16.5. The molecule has 0 unspecified atom stereocenters. The van der Waals surface area contributed by atoms with E-state index in [9.17, 15) is 9.59 Å². The lowest BCUT2D eigenvalue weighted by molar-refractivity contribution is -0.132. The predicted octanol–water partition coefficient (Wildman–Crippen LogP) is 4.32. The molecule has 1 amide bonds. The van der Waals surface area contributed by atoms with Crippen molar-refractivity contribution in [3.8, 4) is 11.1 Å². The number of hydrogen-bond acceptors (Lipinski definition) is 3. The van der Waals surface area contributed by atoms with Crippen LogP contribution in [0.3, 0.4) is 0 Å². The van der Waals surface area contributed by atoms with Crippen molar-refractivity contribution in [2.45, 2.75) is 13.3 Å². The van der Waals surface area contributed by atoms with Gasteiger partial charge in [0.2, 0.25) is 0 Å². The van der Waals surface area contributed by atoms with Gasteiger partial charge in [-0.05, 0) is 18.6 Å².